The lowest BCUT2D eigenvalue weighted by Gasteiger charge is -2.14. The number of halogens is 4. The number of amides is 1. The fourth-order valence-electron chi connectivity index (χ4n) is 2.15. The number of likely N-dealkylation sites (N-methyl/N-ethyl adjacent to an activating group) is 1. The Kier molecular flexibility index (Phi) is 9.69. The van der Waals surface area contributed by atoms with Gasteiger partial charge in [-0.25, -0.2) is 4.99 Å². The highest BCUT2D eigenvalue weighted by Gasteiger charge is 2.32. The van der Waals surface area contributed by atoms with E-state index in [4.69, 9.17) is 10.5 Å². The number of aliphatic imine (C=N–C) groups is 1. The van der Waals surface area contributed by atoms with Crippen LogP contribution in [-0.2, 0) is 11.3 Å². The number of carbonyl (C=O) groups excluding carboxylic acids is 1. The molecule has 0 heterocycles. The SMILES string of the molecule is CN(C)C(=O)COc1cccc(CN=C(N)Nc2ccccc2OC(F)(F)F)c1.I. The van der Waals surface area contributed by atoms with Gasteiger partial charge in [-0.2, -0.15) is 0 Å². The van der Waals surface area contributed by atoms with Crippen molar-refractivity contribution in [3.8, 4) is 11.5 Å². The van der Waals surface area contributed by atoms with Gasteiger partial charge < -0.3 is 25.4 Å². The van der Waals surface area contributed by atoms with Gasteiger partial charge in [-0.1, -0.05) is 24.3 Å². The Morgan fingerprint density at radius 3 is 2.53 bits per heavy atom. The molecule has 0 aliphatic carbocycles. The summed E-state index contributed by atoms with van der Waals surface area (Å²) >= 11 is 0. The molecule has 0 spiro atoms. The monoisotopic (exact) mass is 538 g/mol. The van der Waals surface area contributed by atoms with Crippen LogP contribution in [0.5, 0.6) is 11.5 Å². The molecule has 3 N–H and O–H groups in total. The fraction of sp³-hybridized carbons (Fsp3) is 0.263. The molecule has 0 fully saturated rings. The molecule has 164 valence electrons. The summed E-state index contributed by atoms with van der Waals surface area (Å²) in [5.74, 6) is -0.193. The van der Waals surface area contributed by atoms with Gasteiger partial charge in [-0.05, 0) is 29.8 Å². The predicted molar refractivity (Wildman–Crippen MR) is 118 cm³/mol. The van der Waals surface area contributed by atoms with Crippen LogP contribution in [0.15, 0.2) is 53.5 Å². The topological polar surface area (TPSA) is 89.2 Å². The second-order valence-corrected chi connectivity index (χ2v) is 6.09. The van der Waals surface area contributed by atoms with Crippen molar-refractivity contribution in [2.24, 2.45) is 10.7 Å². The number of nitrogens with one attached hydrogen (secondary N) is 1. The van der Waals surface area contributed by atoms with Gasteiger partial charge in [-0.15, -0.1) is 37.1 Å². The van der Waals surface area contributed by atoms with Crippen LogP contribution in [0.25, 0.3) is 0 Å². The van der Waals surface area contributed by atoms with Crippen LogP contribution in [0, 0.1) is 0 Å². The molecule has 0 saturated carbocycles. The van der Waals surface area contributed by atoms with E-state index in [9.17, 15) is 18.0 Å². The number of carbonyl (C=O) groups is 1. The largest absolute Gasteiger partial charge is 0.573 e. The van der Waals surface area contributed by atoms with Gasteiger partial charge in [0.2, 0.25) is 0 Å². The van der Waals surface area contributed by atoms with Crippen molar-refractivity contribution < 1.29 is 27.4 Å². The molecular weight excluding hydrogens is 516 g/mol. The van der Waals surface area contributed by atoms with Crippen molar-refractivity contribution in [2.75, 3.05) is 26.0 Å². The molecule has 2 rings (SSSR count). The minimum absolute atomic E-state index is 0. The average molecular weight is 538 g/mol. The first kappa shape index (κ1) is 25.3. The zero-order valence-electron chi connectivity index (χ0n) is 16.3. The summed E-state index contributed by atoms with van der Waals surface area (Å²) in [5.41, 5.74) is 6.55. The third-order valence-electron chi connectivity index (χ3n) is 3.57. The highest BCUT2D eigenvalue weighted by Crippen LogP contribution is 2.29. The third-order valence-corrected chi connectivity index (χ3v) is 3.57. The normalized spacial score (nSPS) is 11.3. The lowest BCUT2D eigenvalue weighted by atomic mass is 10.2. The van der Waals surface area contributed by atoms with E-state index in [1.54, 1.807) is 38.4 Å². The van der Waals surface area contributed by atoms with Crippen LogP contribution < -0.4 is 20.5 Å². The summed E-state index contributed by atoms with van der Waals surface area (Å²) in [4.78, 5) is 17.1. The van der Waals surface area contributed by atoms with Gasteiger partial charge in [0, 0.05) is 14.1 Å². The van der Waals surface area contributed by atoms with Crippen LogP contribution in [-0.4, -0.2) is 43.8 Å². The zero-order chi connectivity index (χ0) is 21.4. The van der Waals surface area contributed by atoms with E-state index in [1.165, 1.54) is 29.2 Å². The molecule has 7 nitrogen and oxygen atoms in total. The van der Waals surface area contributed by atoms with E-state index < -0.39 is 12.1 Å². The minimum Gasteiger partial charge on any atom is -0.484 e. The Labute approximate surface area is 189 Å². The van der Waals surface area contributed by atoms with E-state index in [1.807, 2.05) is 0 Å². The predicted octanol–water partition coefficient (Wildman–Crippen LogP) is 3.60. The molecule has 2 aromatic carbocycles. The standard InChI is InChI=1S/C19H21F3N4O3.HI/c1-26(2)17(27)12-28-14-7-5-6-13(10-14)11-24-18(23)25-15-8-3-4-9-16(15)29-19(20,21)22;/h3-10H,11-12H2,1-2H3,(H3,23,24,25);1H. The first-order valence-electron chi connectivity index (χ1n) is 8.47. The van der Waals surface area contributed by atoms with Crippen LogP contribution in [0.1, 0.15) is 5.56 Å². The Balaban J connectivity index is 0.00000450. The lowest BCUT2D eigenvalue weighted by molar-refractivity contribution is -0.274. The van der Waals surface area contributed by atoms with Gasteiger partial charge in [0.05, 0.1) is 12.2 Å². The van der Waals surface area contributed by atoms with E-state index >= 15 is 0 Å². The summed E-state index contributed by atoms with van der Waals surface area (Å²) in [6.07, 6.45) is -4.82. The second kappa shape index (κ2) is 11.5. The van der Waals surface area contributed by atoms with E-state index in [2.05, 4.69) is 15.0 Å². The number of hydrogen-bond acceptors (Lipinski definition) is 4. The average Bonchev–Trinajstić information content (AvgIpc) is 2.65. The summed E-state index contributed by atoms with van der Waals surface area (Å²) in [7, 11) is 3.26. The number of guanidine groups is 1. The smallest absolute Gasteiger partial charge is 0.484 e. The second-order valence-electron chi connectivity index (χ2n) is 6.09. The summed E-state index contributed by atoms with van der Waals surface area (Å²) < 4.78 is 46.8. The maximum atomic E-state index is 12.5. The van der Waals surface area contributed by atoms with Gasteiger partial charge in [0.1, 0.15) is 5.75 Å². The Bertz CT molecular complexity index is 876. The molecule has 1 amide bonds. The van der Waals surface area contributed by atoms with Crippen LogP contribution in [0.2, 0.25) is 0 Å². The molecule has 0 unspecified atom stereocenters. The molecule has 2 aromatic rings. The number of hydrogen-bond donors (Lipinski definition) is 2. The number of rotatable bonds is 7. The molecule has 0 atom stereocenters. The fourth-order valence-corrected chi connectivity index (χ4v) is 2.15. The molecule has 11 heteroatoms. The molecule has 0 aliphatic heterocycles. The number of benzene rings is 2. The van der Waals surface area contributed by atoms with E-state index in [0.717, 1.165) is 5.56 Å². The Morgan fingerprint density at radius 2 is 1.87 bits per heavy atom. The molecule has 0 bridgehead atoms. The van der Waals surface area contributed by atoms with Crippen molar-refractivity contribution >= 4 is 41.5 Å². The highest BCUT2D eigenvalue weighted by molar-refractivity contribution is 14.0. The van der Waals surface area contributed by atoms with Crippen molar-refractivity contribution in [1.82, 2.24) is 4.90 Å². The van der Waals surface area contributed by atoms with Gasteiger partial charge in [0.15, 0.2) is 18.3 Å². The zero-order valence-corrected chi connectivity index (χ0v) is 18.6. The van der Waals surface area contributed by atoms with Crippen molar-refractivity contribution in [2.45, 2.75) is 12.9 Å². The molecular formula is C19H22F3IN4O3. The first-order chi connectivity index (χ1) is 13.6. The van der Waals surface area contributed by atoms with Gasteiger partial charge >= 0.3 is 6.36 Å². The number of alkyl halides is 3. The number of para-hydroxylation sites is 2. The van der Waals surface area contributed by atoms with E-state index in [0.29, 0.717) is 5.75 Å². The Hall–Kier alpha value is -2.70. The minimum atomic E-state index is -4.82. The van der Waals surface area contributed by atoms with Crippen molar-refractivity contribution in [1.29, 1.82) is 0 Å². The quantitative estimate of drug-likeness (QED) is 0.320. The van der Waals surface area contributed by atoms with Crippen LogP contribution in [0.3, 0.4) is 0 Å². The van der Waals surface area contributed by atoms with Crippen molar-refractivity contribution in [3.05, 3.63) is 54.1 Å². The number of ether oxygens (including phenoxy) is 2. The lowest BCUT2D eigenvalue weighted by Crippen LogP contribution is -2.27. The summed E-state index contributed by atoms with van der Waals surface area (Å²) in [6, 6.07) is 12.4. The number of anilines is 1. The molecule has 30 heavy (non-hydrogen) atoms. The molecule has 0 saturated heterocycles. The van der Waals surface area contributed by atoms with Crippen LogP contribution >= 0.6 is 24.0 Å². The maximum absolute atomic E-state index is 12.5. The third kappa shape index (κ3) is 8.76. The van der Waals surface area contributed by atoms with Gasteiger partial charge in [-0.3, -0.25) is 4.79 Å². The highest BCUT2D eigenvalue weighted by atomic mass is 127. The number of nitrogens with zero attached hydrogens (tertiary/aromatic N) is 2. The molecule has 0 aromatic heterocycles. The van der Waals surface area contributed by atoms with Gasteiger partial charge in [0.25, 0.3) is 5.91 Å². The van der Waals surface area contributed by atoms with Crippen LogP contribution in [0.4, 0.5) is 18.9 Å². The summed E-state index contributed by atoms with van der Waals surface area (Å²) in [6.45, 7) is 0.0549. The number of nitrogens with two attached hydrogens (primary N) is 1. The van der Waals surface area contributed by atoms with E-state index in [-0.39, 0.29) is 54.7 Å². The maximum Gasteiger partial charge on any atom is 0.573 e. The first-order valence-corrected chi connectivity index (χ1v) is 8.47. The Morgan fingerprint density at radius 1 is 1.17 bits per heavy atom. The van der Waals surface area contributed by atoms with Crippen molar-refractivity contribution in [3.63, 3.8) is 0 Å². The summed E-state index contributed by atoms with van der Waals surface area (Å²) in [5, 5.41) is 2.59. The molecule has 0 aliphatic rings. The molecule has 0 radical (unpaired) electrons.